The van der Waals surface area contributed by atoms with Gasteiger partial charge in [0.25, 0.3) is 15.9 Å². The molecule has 2 rings (SSSR count). The SMILES string of the molecule is CC(C)NC(=O)[C@H](C)Oc1ccc(S(=O)(=O)Nc2ccccc2Br)cc1. The predicted molar refractivity (Wildman–Crippen MR) is 105 cm³/mol. The van der Waals surface area contributed by atoms with E-state index < -0.39 is 16.1 Å². The minimum Gasteiger partial charge on any atom is -0.481 e. The third-order valence-corrected chi connectivity index (χ3v) is 5.44. The van der Waals surface area contributed by atoms with Crippen LogP contribution in [0.5, 0.6) is 5.75 Å². The normalized spacial score (nSPS) is 12.5. The summed E-state index contributed by atoms with van der Waals surface area (Å²) in [6.45, 7) is 5.36. The number of hydrogen-bond acceptors (Lipinski definition) is 4. The van der Waals surface area contributed by atoms with Gasteiger partial charge in [0.1, 0.15) is 5.75 Å². The van der Waals surface area contributed by atoms with Crippen molar-refractivity contribution in [3.8, 4) is 5.75 Å². The summed E-state index contributed by atoms with van der Waals surface area (Å²) in [4.78, 5) is 12.0. The van der Waals surface area contributed by atoms with Crippen LogP contribution in [0.1, 0.15) is 20.8 Å². The first-order valence-electron chi connectivity index (χ1n) is 8.03. The van der Waals surface area contributed by atoms with Crippen LogP contribution >= 0.6 is 15.9 Å². The number of sulfonamides is 1. The summed E-state index contributed by atoms with van der Waals surface area (Å²) in [5.74, 6) is 0.184. The molecule has 0 aliphatic carbocycles. The zero-order chi connectivity index (χ0) is 19.3. The molecule has 0 spiro atoms. The Labute approximate surface area is 162 Å². The number of para-hydroxylation sites is 1. The highest BCUT2D eigenvalue weighted by Crippen LogP contribution is 2.25. The Hall–Kier alpha value is -2.06. The van der Waals surface area contributed by atoms with Crippen molar-refractivity contribution in [1.82, 2.24) is 5.32 Å². The number of carbonyl (C=O) groups is 1. The maximum atomic E-state index is 12.5. The fourth-order valence-corrected chi connectivity index (χ4v) is 3.70. The number of hydrogen-bond donors (Lipinski definition) is 2. The molecule has 26 heavy (non-hydrogen) atoms. The molecular weight excluding hydrogens is 420 g/mol. The number of halogens is 1. The van der Waals surface area contributed by atoms with Crippen LogP contribution in [0.4, 0.5) is 5.69 Å². The molecule has 1 atom stereocenters. The summed E-state index contributed by atoms with van der Waals surface area (Å²) in [7, 11) is -3.73. The van der Waals surface area contributed by atoms with Gasteiger partial charge < -0.3 is 10.1 Å². The van der Waals surface area contributed by atoms with E-state index in [2.05, 4.69) is 26.0 Å². The molecule has 0 fully saturated rings. The first-order chi connectivity index (χ1) is 12.2. The minimum atomic E-state index is -3.73. The molecule has 0 heterocycles. The van der Waals surface area contributed by atoms with Gasteiger partial charge in [0.15, 0.2) is 6.10 Å². The van der Waals surface area contributed by atoms with E-state index >= 15 is 0 Å². The maximum absolute atomic E-state index is 12.5. The van der Waals surface area contributed by atoms with Gasteiger partial charge in [-0.05, 0) is 73.1 Å². The summed E-state index contributed by atoms with van der Waals surface area (Å²) >= 11 is 3.31. The fourth-order valence-electron chi connectivity index (χ4n) is 2.10. The van der Waals surface area contributed by atoms with Crippen molar-refractivity contribution >= 4 is 37.5 Å². The summed E-state index contributed by atoms with van der Waals surface area (Å²) in [5, 5.41) is 2.76. The molecule has 6 nitrogen and oxygen atoms in total. The highest BCUT2D eigenvalue weighted by atomic mass is 79.9. The molecule has 8 heteroatoms. The molecule has 0 unspecified atom stereocenters. The summed E-state index contributed by atoms with van der Waals surface area (Å²) in [6.07, 6.45) is -0.682. The van der Waals surface area contributed by atoms with Crippen molar-refractivity contribution in [3.05, 3.63) is 53.0 Å². The molecule has 2 aromatic rings. The smallest absolute Gasteiger partial charge is 0.261 e. The molecule has 0 radical (unpaired) electrons. The van der Waals surface area contributed by atoms with Gasteiger partial charge >= 0.3 is 0 Å². The molecule has 0 saturated carbocycles. The monoisotopic (exact) mass is 440 g/mol. The first kappa shape index (κ1) is 20.3. The highest BCUT2D eigenvalue weighted by Gasteiger charge is 2.18. The van der Waals surface area contributed by atoms with Crippen LogP contribution in [0.3, 0.4) is 0 Å². The van der Waals surface area contributed by atoms with Crippen molar-refractivity contribution in [2.45, 2.75) is 37.8 Å². The number of nitrogens with one attached hydrogen (secondary N) is 2. The van der Waals surface area contributed by atoms with Gasteiger partial charge in [0, 0.05) is 10.5 Å². The molecule has 0 saturated heterocycles. The van der Waals surface area contributed by atoms with E-state index in [0.717, 1.165) is 0 Å². The zero-order valence-corrected chi connectivity index (χ0v) is 17.1. The van der Waals surface area contributed by atoms with E-state index in [4.69, 9.17) is 4.74 Å². The third-order valence-electron chi connectivity index (χ3n) is 3.37. The van der Waals surface area contributed by atoms with Gasteiger partial charge in [-0.25, -0.2) is 8.42 Å². The van der Waals surface area contributed by atoms with E-state index in [1.807, 2.05) is 13.8 Å². The van der Waals surface area contributed by atoms with Crippen LogP contribution in [0.25, 0.3) is 0 Å². The lowest BCUT2D eigenvalue weighted by atomic mass is 10.3. The first-order valence-corrected chi connectivity index (χ1v) is 10.3. The highest BCUT2D eigenvalue weighted by molar-refractivity contribution is 9.10. The average molecular weight is 441 g/mol. The van der Waals surface area contributed by atoms with E-state index in [9.17, 15) is 13.2 Å². The molecular formula is C18H21BrN2O4S. The van der Waals surface area contributed by atoms with Crippen LogP contribution in [0.2, 0.25) is 0 Å². The summed E-state index contributed by atoms with van der Waals surface area (Å²) in [6, 6.07) is 12.9. The Balaban J connectivity index is 2.08. The van der Waals surface area contributed by atoms with Gasteiger partial charge in [-0.2, -0.15) is 0 Å². The van der Waals surface area contributed by atoms with E-state index in [0.29, 0.717) is 15.9 Å². The Morgan fingerprint density at radius 3 is 2.23 bits per heavy atom. The Morgan fingerprint density at radius 1 is 1.04 bits per heavy atom. The topological polar surface area (TPSA) is 84.5 Å². The van der Waals surface area contributed by atoms with Crippen LogP contribution in [-0.2, 0) is 14.8 Å². The van der Waals surface area contributed by atoms with Gasteiger partial charge in [-0.3, -0.25) is 9.52 Å². The second kappa shape index (κ2) is 8.55. The van der Waals surface area contributed by atoms with Gasteiger partial charge in [-0.15, -0.1) is 0 Å². The quantitative estimate of drug-likeness (QED) is 0.689. The average Bonchev–Trinajstić information content (AvgIpc) is 2.56. The molecule has 0 aliphatic rings. The van der Waals surface area contributed by atoms with Crippen LogP contribution in [0.15, 0.2) is 57.9 Å². The maximum Gasteiger partial charge on any atom is 0.261 e. The van der Waals surface area contributed by atoms with Crippen molar-refractivity contribution in [1.29, 1.82) is 0 Å². The summed E-state index contributed by atoms with van der Waals surface area (Å²) < 4.78 is 33.7. The second-order valence-corrected chi connectivity index (χ2v) is 8.52. The van der Waals surface area contributed by atoms with Crippen molar-refractivity contribution in [2.75, 3.05) is 4.72 Å². The number of benzene rings is 2. The van der Waals surface area contributed by atoms with Crippen LogP contribution in [-0.4, -0.2) is 26.5 Å². The van der Waals surface area contributed by atoms with Gasteiger partial charge in [-0.1, -0.05) is 12.1 Å². The lowest BCUT2D eigenvalue weighted by molar-refractivity contribution is -0.127. The molecule has 0 aromatic heterocycles. The lowest BCUT2D eigenvalue weighted by Crippen LogP contribution is -2.40. The van der Waals surface area contributed by atoms with E-state index in [-0.39, 0.29) is 16.8 Å². The predicted octanol–water partition coefficient (Wildman–Crippen LogP) is 3.54. The molecule has 140 valence electrons. The standard InChI is InChI=1S/C18H21BrN2O4S/c1-12(2)20-18(22)13(3)25-14-8-10-15(11-9-14)26(23,24)21-17-7-5-4-6-16(17)19/h4-13,21H,1-3H3,(H,20,22)/t13-/m0/s1. The number of rotatable bonds is 7. The number of amides is 1. The van der Waals surface area contributed by atoms with Crippen LogP contribution < -0.4 is 14.8 Å². The molecule has 0 aliphatic heterocycles. The Morgan fingerprint density at radius 2 is 1.65 bits per heavy atom. The Kier molecular flexibility index (Phi) is 6.66. The zero-order valence-electron chi connectivity index (χ0n) is 14.7. The molecule has 2 aromatic carbocycles. The summed E-state index contributed by atoms with van der Waals surface area (Å²) in [5.41, 5.74) is 0.451. The van der Waals surface area contributed by atoms with Crippen LogP contribution in [0, 0.1) is 0 Å². The van der Waals surface area contributed by atoms with E-state index in [1.54, 1.807) is 31.2 Å². The van der Waals surface area contributed by atoms with Crippen molar-refractivity contribution in [3.63, 3.8) is 0 Å². The number of carbonyl (C=O) groups excluding carboxylic acids is 1. The molecule has 2 N–H and O–H groups in total. The van der Waals surface area contributed by atoms with Crippen molar-refractivity contribution < 1.29 is 17.9 Å². The van der Waals surface area contributed by atoms with Gasteiger partial charge in [0.05, 0.1) is 10.6 Å². The second-order valence-electron chi connectivity index (χ2n) is 5.98. The van der Waals surface area contributed by atoms with Gasteiger partial charge in [0.2, 0.25) is 0 Å². The molecule has 0 bridgehead atoms. The lowest BCUT2D eigenvalue weighted by Gasteiger charge is -2.16. The fraction of sp³-hybridized carbons (Fsp3) is 0.278. The number of anilines is 1. The third kappa shape index (κ3) is 5.47. The van der Waals surface area contributed by atoms with E-state index in [1.165, 1.54) is 24.3 Å². The minimum absolute atomic E-state index is 0.0180. The number of ether oxygens (including phenoxy) is 1. The Bertz CT molecular complexity index is 867. The molecule has 1 amide bonds. The van der Waals surface area contributed by atoms with Crippen molar-refractivity contribution in [2.24, 2.45) is 0 Å². The largest absolute Gasteiger partial charge is 0.481 e.